The summed E-state index contributed by atoms with van der Waals surface area (Å²) in [5, 5.41) is 20.9. The normalized spacial score (nSPS) is 24.9. The number of benzene rings is 1. The van der Waals surface area contributed by atoms with Crippen LogP contribution in [0, 0.1) is 0 Å². The van der Waals surface area contributed by atoms with Crippen molar-refractivity contribution < 1.29 is 91.4 Å². The number of carboxylic acids is 2. The van der Waals surface area contributed by atoms with Crippen LogP contribution in [0.25, 0.3) is 0 Å². The minimum absolute atomic E-state index is 0. The Hall–Kier alpha value is -0.0700. The summed E-state index contributed by atoms with van der Waals surface area (Å²) in [6.45, 7) is 3.45. The van der Waals surface area contributed by atoms with Crippen LogP contribution in [0.5, 0.6) is 0 Å². The van der Waals surface area contributed by atoms with E-state index in [1.54, 1.807) is 32.0 Å². The number of thioether (sulfide) groups is 1. The van der Waals surface area contributed by atoms with Crippen LogP contribution < -0.4 is 64.4 Å². The van der Waals surface area contributed by atoms with Gasteiger partial charge in [0.25, 0.3) is 0 Å². The van der Waals surface area contributed by atoms with Crippen molar-refractivity contribution in [2.75, 3.05) is 0 Å². The molecule has 2 heterocycles. The molecule has 3 rings (SSSR count). The predicted octanol–water partition coefficient (Wildman–Crippen LogP) is -4.52. The van der Waals surface area contributed by atoms with Gasteiger partial charge in [0.15, 0.2) is 5.92 Å². The first-order valence-electron chi connectivity index (χ1n) is 8.06. The quantitative estimate of drug-likeness (QED) is 0.209. The second kappa shape index (κ2) is 10.0. The fourth-order valence-electron chi connectivity index (χ4n) is 3.48. The number of hydrogen-bond donors (Lipinski definition) is 3. The van der Waals surface area contributed by atoms with Crippen molar-refractivity contribution in [3.63, 3.8) is 0 Å². The minimum Gasteiger partial charge on any atom is -1.00 e. The molecule has 0 aromatic heterocycles. The average molecular weight is 505 g/mol. The van der Waals surface area contributed by atoms with Gasteiger partial charge >= 0.3 is 71.1 Å². The largest absolute Gasteiger partial charge is 1.00 e. The van der Waals surface area contributed by atoms with Crippen molar-refractivity contribution >= 4 is 51.4 Å². The zero-order valence-electron chi connectivity index (χ0n) is 18.4. The van der Waals surface area contributed by atoms with E-state index in [1.165, 1.54) is 22.7 Å². The van der Waals surface area contributed by atoms with E-state index in [4.69, 9.17) is 0 Å². The van der Waals surface area contributed by atoms with Gasteiger partial charge in [-0.25, -0.2) is 4.79 Å². The Morgan fingerprint density at radius 3 is 2.34 bits per heavy atom. The number of β-lactam (4-membered cyclic amide) rings is 1. The van der Waals surface area contributed by atoms with E-state index in [2.05, 4.69) is 21.2 Å². The molecule has 0 saturated carbocycles. The monoisotopic (exact) mass is 504 g/mol. The van der Waals surface area contributed by atoms with Crippen molar-refractivity contribution in [3.05, 3.63) is 34.3 Å². The van der Waals surface area contributed by atoms with Crippen LogP contribution in [0.3, 0.4) is 0 Å². The van der Waals surface area contributed by atoms with E-state index in [-0.39, 0.29) is 67.5 Å². The number of amides is 2. The number of aliphatic carboxylic acids is 2. The summed E-state index contributed by atoms with van der Waals surface area (Å²) < 4.78 is -0.253. The van der Waals surface area contributed by atoms with Gasteiger partial charge in [-0.2, -0.15) is 0 Å². The van der Waals surface area contributed by atoms with Crippen molar-refractivity contribution in [1.82, 2.24) is 10.2 Å². The molecule has 0 radical (unpaired) electrons. The number of carboxylic acid groups (broad SMARTS) is 2. The topological polar surface area (TPSA) is 124 Å². The van der Waals surface area contributed by atoms with E-state index >= 15 is 0 Å². The van der Waals surface area contributed by atoms with Crippen LogP contribution in [-0.2, 0) is 19.2 Å². The number of nitrogens with zero attached hydrogens (tertiary/aromatic N) is 1. The zero-order valence-corrected chi connectivity index (χ0v) is 22.8. The third kappa shape index (κ3) is 4.90. The number of fused-ring (bicyclic) bond motifs is 1. The molecule has 2 aliphatic rings. The first kappa shape index (κ1) is 27.0. The summed E-state index contributed by atoms with van der Waals surface area (Å²) in [5.74, 6) is -5.27. The van der Waals surface area contributed by atoms with Crippen molar-refractivity contribution in [2.24, 2.45) is 0 Å². The number of hydrogen-bond acceptors (Lipinski definition) is 5. The third-order valence-electron chi connectivity index (χ3n) is 4.70. The maximum atomic E-state index is 12.6. The summed E-state index contributed by atoms with van der Waals surface area (Å²) in [7, 11) is 0. The van der Waals surface area contributed by atoms with E-state index < -0.39 is 51.9 Å². The second-order valence-corrected chi connectivity index (χ2v) is 9.50. The van der Waals surface area contributed by atoms with E-state index in [0.29, 0.717) is 4.47 Å². The molecule has 0 bridgehead atoms. The van der Waals surface area contributed by atoms with Crippen LogP contribution in [-0.4, -0.2) is 61.1 Å². The van der Waals surface area contributed by atoms with E-state index in [0.717, 1.165) is 0 Å². The average Bonchev–Trinajstić information content (AvgIpc) is 2.82. The molecule has 12 heteroatoms. The fourth-order valence-corrected chi connectivity index (χ4v) is 5.62. The van der Waals surface area contributed by atoms with Gasteiger partial charge in [0.1, 0.15) is 17.5 Å². The number of rotatable bonds is 5. The molecule has 2 aliphatic heterocycles. The zero-order chi connectivity index (χ0) is 20.1. The van der Waals surface area contributed by atoms with Crippen molar-refractivity contribution in [3.8, 4) is 0 Å². The molecule has 3 unspecified atom stereocenters. The Labute approximate surface area is 227 Å². The molecule has 2 fully saturated rings. The molecular weight excluding hydrogens is 486 g/mol. The van der Waals surface area contributed by atoms with Crippen LogP contribution in [0.15, 0.2) is 28.7 Å². The molecular formula is C17H19BrN2Na2O6S. The summed E-state index contributed by atoms with van der Waals surface area (Å²) >= 11 is 4.52. The third-order valence-corrected chi connectivity index (χ3v) is 6.99. The van der Waals surface area contributed by atoms with Gasteiger partial charge in [0.2, 0.25) is 11.8 Å². The van der Waals surface area contributed by atoms with E-state index in [1.807, 2.05) is 0 Å². The Morgan fingerprint density at radius 2 is 1.83 bits per heavy atom. The van der Waals surface area contributed by atoms with Crippen molar-refractivity contribution in [1.29, 1.82) is 0 Å². The van der Waals surface area contributed by atoms with Gasteiger partial charge in [-0.15, -0.1) is 11.8 Å². The van der Waals surface area contributed by atoms with Gasteiger partial charge in [0.05, 0.1) is 0 Å². The summed E-state index contributed by atoms with van der Waals surface area (Å²) in [6, 6.07) is 4.52. The molecule has 8 nitrogen and oxygen atoms in total. The van der Waals surface area contributed by atoms with Gasteiger partial charge < -0.3 is 23.3 Å². The molecule has 29 heavy (non-hydrogen) atoms. The van der Waals surface area contributed by atoms with Crippen molar-refractivity contribution in [2.45, 2.75) is 42.0 Å². The minimum atomic E-state index is -1.49. The van der Waals surface area contributed by atoms with Crippen LogP contribution in [0.4, 0.5) is 0 Å². The van der Waals surface area contributed by atoms with Gasteiger partial charge in [-0.05, 0) is 25.5 Å². The molecule has 2 amide bonds. The molecule has 2 saturated heterocycles. The summed E-state index contributed by atoms with van der Waals surface area (Å²) in [6.07, 6.45) is 0. The molecule has 148 valence electrons. The van der Waals surface area contributed by atoms with Crippen LogP contribution in [0.2, 0.25) is 0 Å². The van der Waals surface area contributed by atoms with Gasteiger partial charge in [-0.3, -0.25) is 14.4 Å². The smallest absolute Gasteiger partial charge is 1.00 e. The SMILES string of the molecule is CC1(C)S[C@@H]2C(NC(=O)C(C(=O)O)c3ccccc3Br)C(=O)N2C1C(=O)O.[H-].[H-].[Na+].[Na+]. The number of halogens is 1. The maximum Gasteiger partial charge on any atom is 1.00 e. The Morgan fingerprint density at radius 1 is 1.24 bits per heavy atom. The summed E-state index contributed by atoms with van der Waals surface area (Å²) in [4.78, 5) is 49.5. The number of carbonyl (C=O) groups excluding carboxylic acids is 2. The Balaban J connectivity index is 0. The van der Waals surface area contributed by atoms with Gasteiger partial charge in [0, 0.05) is 9.22 Å². The molecule has 3 N–H and O–H groups in total. The first-order chi connectivity index (χ1) is 12.6. The molecule has 0 spiro atoms. The van der Waals surface area contributed by atoms with Crippen LogP contribution >= 0.6 is 27.7 Å². The summed E-state index contributed by atoms with van der Waals surface area (Å²) in [5.41, 5.74) is 0.272. The first-order valence-corrected chi connectivity index (χ1v) is 9.74. The van der Waals surface area contributed by atoms with Gasteiger partial charge in [-0.1, -0.05) is 34.1 Å². The maximum absolute atomic E-state index is 12.6. The predicted molar refractivity (Wildman–Crippen MR) is 102 cm³/mol. The standard InChI is InChI=1S/C17H17BrN2O6S.2Na.2H/c1-17(2)11(16(25)26)20-13(22)10(14(20)27-17)19-12(21)9(15(23)24)7-5-3-4-6-8(7)18;;;;/h3-6,9-11,14H,1-2H3,(H,19,21)(H,23,24)(H,25,26);;;;/q;2*+1;2*-1/t9?,10?,11?,14-;;;;/m1..../s1. The van der Waals surface area contributed by atoms with E-state index in [9.17, 15) is 29.4 Å². The molecule has 4 atom stereocenters. The molecule has 1 aromatic carbocycles. The Bertz CT molecular complexity index is 866. The molecule has 1 aromatic rings. The Kier molecular flexibility index (Phi) is 9.33. The number of carbonyl (C=O) groups is 4. The fraction of sp³-hybridized carbons (Fsp3) is 0.412. The number of nitrogens with one attached hydrogen (secondary N) is 1. The van der Waals surface area contributed by atoms with Crippen LogP contribution in [0.1, 0.15) is 28.2 Å². The molecule has 0 aliphatic carbocycles. The second-order valence-electron chi connectivity index (χ2n) is 6.88.